The fourth-order valence-corrected chi connectivity index (χ4v) is 2.84. The molecule has 2 aromatic heterocycles. The minimum absolute atomic E-state index is 0.661. The van der Waals surface area contributed by atoms with Gasteiger partial charge in [0.15, 0.2) is 17.5 Å². The normalized spacial score (nSPS) is 13.1. The van der Waals surface area contributed by atoms with Crippen LogP contribution in [0.25, 0.3) is 5.69 Å². The lowest BCUT2D eigenvalue weighted by atomic mass is 10.2. The number of fused-ring (bicyclic) bond motifs is 3. The van der Waals surface area contributed by atoms with E-state index in [9.17, 15) is 0 Å². The molecule has 0 N–H and O–H groups in total. The molecule has 1 aliphatic rings. The lowest BCUT2D eigenvalue weighted by molar-refractivity contribution is 0.390. The molecule has 0 bridgehead atoms. The molecule has 0 amide bonds. The van der Waals surface area contributed by atoms with E-state index in [0.29, 0.717) is 6.54 Å². The first kappa shape index (κ1) is 13.9. The maximum Gasteiger partial charge on any atom is 0.165 e. The Labute approximate surface area is 135 Å². The van der Waals surface area contributed by atoms with E-state index < -0.39 is 0 Å². The monoisotopic (exact) mass is 306 g/mol. The van der Waals surface area contributed by atoms with Gasteiger partial charge in [-0.05, 0) is 38.4 Å². The Morgan fingerprint density at radius 3 is 2.70 bits per heavy atom. The summed E-state index contributed by atoms with van der Waals surface area (Å²) in [5.74, 6) is 2.67. The van der Waals surface area contributed by atoms with Crippen LogP contribution >= 0.6 is 0 Å². The number of para-hydroxylation sites is 1. The van der Waals surface area contributed by atoms with Crippen molar-refractivity contribution in [2.75, 3.05) is 19.0 Å². The molecule has 0 saturated heterocycles. The highest BCUT2D eigenvalue weighted by Crippen LogP contribution is 2.34. The van der Waals surface area contributed by atoms with Crippen molar-refractivity contribution in [2.24, 2.45) is 0 Å². The molecular weight excluding hydrogens is 288 g/mol. The van der Waals surface area contributed by atoms with Gasteiger partial charge in [-0.25, -0.2) is 14.6 Å². The lowest BCUT2D eigenvalue weighted by Crippen LogP contribution is -2.26. The minimum Gasteiger partial charge on any atom is -0.317 e. The number of aromatic nitrogens is 4. The number of hydrogen-bond acceptors (Lipinski definition) is 5. The van der Waals surface area contributed by atoms with E-state index in [-0.39, 0.29) is 0 Å². The van der Waals surface area contributed by atoms with Crippen LogP contribution in [0.4, 0.5) is 11.5 Å². The van der Waals surface area contributed by atoms with Gasteiger partial charge in [0.05, 0.1) is 13.1 Å². The molecule has 23 heavy (non-hydrogen) atoms. The van der Waals surface area contributed by atoms with Crippen LogP contribution in [-0.4, -0.2) is 38.7 Å². The van der Waals surface area contributed by atoms with Gasteiger partial charge in [0.1, 0.15) is 5.69 Å². The second-order valence-electron chi connectivity index (χ2n) is 5.86. The van der Waals surface area contributed by atoms with Gasteiger partial charge in [-0.2, -0.15) is 0 Å². The summed E-state index contributed by atoms with van der Waals surface area (Å²) >= 11 is 0. The van der Waals surface area contributed by atoms with Gasteiger partial charge in [0.25, 0.3) is 0 Å². The topological polar surface area (TPSA) is 50.1 Å². The zero-order valence-corrected chi connectivity index (χ0v) is 13.2. The summed E-state index contributed by atoms with van der Waals surface area (Å²) < 4.78 is 1.92. The predicted molar refractivity (Wildman–Crippen MR) is 88.8 cm³/mol. The molecule has 1 aromatic carbocycles. The third-order valence-corrected chi connectivity index (χ3v) is 3.79. The molecule has 0 unspecified atom stereocenters. The van der Waals surface area contributed by atoms with Crippen molar-refractivity contribution < 1.29 is 0 Å². The number of rotatable bonds is 3. The predicted octanol–water partition coefficient (Wildman–Crippen LogP) is 2.38. The summed E-state index contributed by atoms with van der Waals surface area (Å²) in [4.78, 5) is 13.5. The smallest absolute Gasteiger partial charge is 0.165 e. The van der Waals surface area contributed by atoms with Gasteiger partial charge >= 0.3 is 0 Å². The summed E-state index contributed by atoms with van der Waals surface area (Å²) in [6.45, 7) is 1.38. The zero-order valence-electron chi connectivity index (χ0n) is 13.2. The maximum atomic E-state index is 4.71. The van der Waals surface area contributed by atoms with E-state index in [4.69, 9.17) is 4.98 Å². The molecule has 4 rings (SSSR count). The minimum atomic E-state index is 0.661. The standard InChI is InChI=1S/C17H18N6/c1-21(2)11-15-19-16-12-22(13-7-4-3-5-8-13)17-14(23(16)20-15)9-6-10-18-17/h3-10H,11-12H2,1-2H3. The number of benzene rings is 1. The van der Waals surface area contributed by atoms with E-state index in [2.05, 4.69) is 32.0 Å². The first-order valence-corrected chi connectivity index (χ1v) is 7.60. The number of anilines is 2. The Kier molecular flexibility index (Phi) is 3.31. The first-order valence-electron chi connectivity index (χ1n) is 7.60. The Hall–Kier alpha value is -2.73. The first-order chi connectivity index (χ1) is 11.2. The number of nitrogens with zero attached hydrogens (tertiary/aromatic N) is 6. The van der Waals surface area contributed by atoms with Crippen molar-refractivity contribution in [1.82, 2.24) is 24.6 Å². The molecular formula is C17H18N6. The van der Waals surface area contributed by atoms with E-state index >= 15 is 0 Å². The molecule has 0 saturated carbocycles. The second kappa shape index (κ2) is 5.48. The van der Waals surface area contributed by atoms with Gasteiger partial charge in [0.2, 0.25) is 0 Å². The Morgan fingerprint density at radius 2 is 1.91 bits per heavy atom. The Morgan fingerprint density at radius 1 is 1.09 bits per heavy atom. The van der Waals surface area contributed by atoms with Crippen LogP contribution in [0.5, 0.6) is 0 Å². The van der Waals surface area contributed by atoms with Crippen molar-refractivity contribution in [3.8, 4) is 5.69 Å². The van der Waals surface area contributed by atoms with Crippen LogP contribution in [-0.2, 0) is 13.1 Å². The zero-order chi connectivity index (χ0) is 15.8. The van der Waals surface area contributed by atoms with E-state index in [0.717, 1.165) is 35.4 Å². The molecule has 3 heterocycles. The third kappa shape index (κ3) is 2.47. The largest absolute Gasteiger partial charge is 0.317 e. The summed E-state index contributed by atoms with van der Waals surface area (Å²) in [7, 11) is 4.04. The van der Waals surface area contributed by atoms with Crippen molar-refractivity contribution in [1.29, 1.82) is 0 Å². The van der Waals surface area contributed by atoms with Gasteiger partial charge in [-0.1, -0.05) is 18.2 Å². The fraction of sp³-hybridized carbons (Fsp3) is 0.235. The van der Waals surface area contributed by atoms with Crippen molar-refractivity contribution in [3.05, 3.63) is 60.3 Å². The SMILES string of the molecule is CN(C)Cc1nc2n(n1)-c1cccnc1N(c1ccccc1)C2. The summed E-state index contributed by atoms with van der Waals surface area (Å²) in [6.07, 6.45) is 1.82. The van der Waals surface area contributed by atoms with Gasteiger partial charge in [-0.15, -0.1) is 5.10 Å². The molecule has 0 radical (unpaired) electrons. The van der Waals surface area contributed by atoms with Crippen LogP contribution < -0.4 is 4.90 Å². The van der Waals surface area contributed by atoms with Gasteiger partial charge < -0.3 is 9.80 Å². The summed E-state index contributed by atoms with van der Waals surface area (Å²) in [5, 5.41) is 4.66. The molecule has 0 aliphatic carbocycles. The van der Waals surface area contributed by atoms with Crippen LogP contribution in [0.3, 0.4) is 0 Å². The molecule has 0 atom stereocenters. The summed E-state index contributed by atoms with van der Waals surface area (Å²) in [6, 6.07) is 14.2. The molecule has 6 nitrogen and oxygen atoms in total. The average Bonchev–Trinajstić information content (AvgIpc) is 2.96. The molecule has 6 heteroatoms. The quantitative estimate of drug-likeness (QED) is 0.743. The second-order valence-corrected chi connectivity index (χ2v) is 5.86. The lowest BCUT2D eigenvalue weighted by Gasteiger charge is -2.29. The van der Waals surface area contributed by atoms with Gasteiger partial charge in [0, 0.05) is 11.9 Å². The van der Waals surface area contributed by atoms with Gasteiger partial charge in [-0.3, -0.25) is 0 Å². The fourth-order valence-electron chi connectivity index (χ4n) is 2.84. The van der Waals surface area contributed by atoms with E-state index in [1.54, 1.807) is 0 Å². The Bertz CT molecular complexity index is 824. The van der Waals surface area contributed by atoms with Crippen molar-refractivity contribution in [2.45, 2.75) is 13.1 Å². The summed E-state index contributed by atoms with van der Waals surface area (Å²) in [5.41, 5.74) is 2.07. The maximum absolute atomic E-state index is 4.71. The van der Waals surface area contributed by atoms with Crippen molar-refractivity contribution >= 4 is 11.5 Å². The highest BCUT2D eigenvalue weighted by molar-refractivity contribution is 5.69. The molecule has 116 valence electrons. The highest BCUT2D eigenvalue weighted by Gasteiger charge is 2.26. The molecule has 1 aliphatic heterocycles. The number of hydrogen-bond donors (Lipinski definition) is 0. The highest BCUT2D eigenvalue weighted by atomic mass is 15.4. The van der Waals surface area contributed by atoms with Crippen LogP contribution in [0.15, 0.2) is 48.7 Å². The Balaban J connectivity index is 1.82. The van der Waals surface area contributed by atoms with Crippen LogP contribution in [0.2, 0.25) is 0 Å². The van der Waals surface area contributed by atoms with E-state index in [1.165, 1.54) is 0 Å². The third-order valence-electron chi connectivity index (χ3n) is 3.79. The molecule has 0 fully saturated rings. The molecule has 0 spiro atoms. The van der Waals surface area contributed by atoms with Crippen molar-refractivity contribution in [3.63, 3.8) is 0 Å². The average molecular weight is 306 g/mol. The molecule has 3 aromatic rings. The van der Waals surface area contributed by atoms with Crippen LogP contribution in [0.1, 0.15) is 11.6 Å². The number of pyridine rings is 1. The van der Waals surface area contributed by atoms with Crippen LogP contribution in [0, 0.1) is 0 Å². The van der Waals surface area contributed by atoms with E-state index in [1.807, 2.05) is 55.3 Å².